The van der Waals surface area contributed by atoms with Crippen LogP contribution < -0.4 is 10.5 Å². The van der Waals surface area contributed by atoms with E-state index in [1.54, 1.807) is 24.1 Å². The lowest BCUT2D eigenvalue weighted by Crippen LogP contribution is -2.29. The van der Waals surface area contributed by atoms with Crippen LogP contribution in [0.15, 0.2) is 18.2 Å². The molecule has 2 atom stereocenters. The number of ether oxygens (including phenoxy) is 1. The van der Waals surface area contributed by atoms with Crippen LogP contribution in [0.4, 0.5) is 4.39 Å². The van der Waals surface area contributed by atoms with E-state index < -0.39 is 11.9 Å². The molecule has 1 aliphatic heterocycles. The van der Waals surface area contributed by atoms with Crippen molar-refractivity contribution in [3.8, 4) is 5.75 Å². The molecule has 0 aliphatic carbocycles. The summed E-state index contributed by atoms with van der Waals surface area (Å²) in [5, 5.41) is 0. The lowest BCUT2D eigenvalue weighted by atomic mass is 10.1. The molecular weight excluding hydrogens is 247 g/mol. The van der Waals surface area contributed by atoms with Crippen LogP contribution >= 0.6 is 0 Å². The maximum atomic E-state index is 13.9. The van der Waals surface area contributed by atoms with Gasteiger partial charge in [-0.25, -0.2) is 4.39 Å². The molecule has 1 amide bonds. The van der Waals surface area contributed by atoms with Gasteiger partial charge in [0.15, 0.2) is 17.7 Å². The van der Waals surface area contributed by atoms with Gasteiger partial charge in [0.1, 0.15) is 0 Å². The van der Waals surface area contributed by atoms with Gasteiger partial charge in [-0.3, -0.25) is 4.79 Å². The van der Waals surface area contributed by atoms with Gasteiger partial charge in [0.2, 0.25) is 0 Å². The van der Waals surface area contributed by atoms with E-state index in [2.05, 4.69) is 0 Å². The summed E-state index contributed by atoms with van der Waals surface area (Å²) in [5.74, 6) is -0.415. The van der Waals surface area contributed by atoms with Gasteiger partial charge in [0, 0.05) is 26.1 Å². The zero-order valence-electron chi connectivity index (χ0n) is 11.2. The van der Waals surface area contributed by atoms with Crippen molar-refractivity contribution < 1.29 is 13.9 Å². The smallest absolute Gasteiger partial charge is 0.263 e. The van der Waals surface area contributed by atoms with E-state index in [-0.39, 0.29) is 17.7 Å². The molecular formula is C14H19FN2O2. The van der Waals surface area contributed by atoms with Crippen LogP contribution in [0.1, 0.15) is 18.9 Å². The molecule has 2 N–H and O–H groups in total. The van der Waals surface area contributed by atoms with Gasteiger partial charge in [-0.05, 0) is 31.0 Å². The highest BCUT2D eigenvalue weighted by atomic mass is 19.1. The van der Waals surface area contributed by atoms with Gasteiger partial charge in [-0.15, -0.1) is 0 Å². The van der Waals surface area contributed by atoms with E-state index in [0.29, 0.717) is 19.4 Å². The fourth-order valence-corrected chi connectivity index (χ4v) is 2.19. The third-order valence-electron chi connectivity index (χ3n) is 3.20. The van der Waals surface area contributed by atoms with Crippen molar-refractivity contribution in [1.82, 2.24) is 4.90 Å². The fraction of sp³-hybridized carbons (Fsp3) is 0.500. The molecule has 104 valence electrons. The molecule has 1 saturated heterocycles. The molecule has 0 radical (unpaired) electrons. The maximum Gasteiger partial charge on any atom is 0.263 e. The van der Waals surface area contributed by atoms with Gasteiger partial charge in [-0.1, -0.05) is 6.07 Å². The Bertz CT molecular complexity index is 477. The van der Waals surface area contributed by atoms with Crippen LogP contribution in [-0.4, -0.2) is 36.5 Å². The summed E-state index contributed by atoms with van der Waals surface area (Å²) < 4.78 is 19.3. The average molecular weight is 266 g/mol. The van der Waals surface area contributed by atoms with Gasteiger partial charge in [0.05, 0.1) is 0 Å². The van der Waals surface area contributed by atoms with Crippen LogP contribution in [0.2, 0.25) is 0 Å². The number of hydrogen-bond acceptors (Lipinski definition) is 3. The van der Waals surface area contributed by atoms with E-state index in [0.717, 1.165) is 5.56 Å². The molecule has 0 spiro atoms. The van der Waals surface area contributed by atoms with Gasteiger partial charge < -0.3 is 15.4 Å². The van der Waals surface area contributed by atoms with Crippen molar-refractivity contribution in [3.05, 3.63) is 29.6 Å². The zero-order valence-corrected chi connectivity index (χ0v) is 11.2. The maximum absolute atomic E-state index is 13.9. The number of likely N-dealkylation sites (tertiary alicyclic amines) is 1. The second-order valence-electron chi connectivity index (χ2n) is 5.10. The fourth-order valence-electron chi connectivity index (χ4n) is 2.19. The summed E-state index contributed by atoms with van der Waals surface area (Å²) in [5.41, 5.74) is 6.50. The van der Waals surface area contributed by atoms with E-state index in [1.807, 2.05) is 6.92 Å². The van der Waals surface area contributed by atoms with Crippen molar-refractivity contribution in [2.45, 2.75) is 31.9 Å². The topological polar surface area (TPSA) is 55.6 Å². The van der Waals surface area contributed by atoms with Gasteiger partial charge >= 0.3 is 0 Å². The largest absolute Gasteiger partial charge is 0.477 e. The number of carbonyl (C=O) groups excluding carboxylic acids is 1. The Morgan fingerprint density at radius 3 is 2.84 bits per heavy atom. The number of benzene rings is 1. The van der Waals surface area contributed by atoms with Crippen molar-refractivity contribution in [2.75, 3.05) is 13.6 Å². The quantitative estimate of drug-likeness (QED) is 0.894. The van der Waals surface area contributed by atoms with Crippen molar-refractivity contribution in [1.29, 1.82) is 0 Å². The lowest BCUT2D eigenvalue weighted by molar-refractivity contribution is -0.132. The first-order chi connectivity index (χ1) is 8.97. The number of hydrogen-bond donors (Lipinski definition) is 1. The minimum absolute atomic E-state index is 0.0174. The molecule has 1 aliphatic rings. The number of rotatable bonds is 4. The van der Waals surface area contributed by atoms with Crippen LogP contribution in [0.25, 0.3) is 0 Å². The summed E-state index contributed by atoms with van der Waals surface area (Å²) in [4.78, 5) is 13.3. The van der Waals surface area contributed by atoms with Crippen molar-refractivity contribution >= 4 is 5.91 Å². The Morgan fingerprint density at radius 2 is 2.32 bits per heavy atom. The number of amides is 1. The SMILES string of the molecule is CC(N)Cc1ccc(OC2CCN(C)C2=O)c(F)c1. The Morgan fingerprint density at radius 1 is 1.58 bits per heavy atom. The molecule has 1 fully saturated rings. The van der Waals surface area contributed by atoms with Gasteiger partial charge in [0.25, 0.3) is 5.91 Å². The highest BCUT2D eigenvalue weighted by Gasteiger charge is 2.31. The molecule has 0 bridgehead atoms. The standard InChI is InChI=1S/C14H19FN2O2/c1-9(16)7-10-3-4-12(11(15)8-10)19-13-5-6-17(2)14(13)18/h3-4,8-9,13H,5-7,16H2,1-2H3. The second kappa shape index (κ2) is 5.57. The Kier molecular flexibility index (Phi) is 4.04. The lowest BCUT2D eigenvalue weighted by Gasteiger charge is -2.14. The molecule has 5 heteroatoms. The van der Waals surface area contributed by atoms with Crippen LogP contribution in [0.3, 0.4) is 0 Å². The Balaban J connectivity index is 2.07. The first kappa shape index (κ1) is 13.8. The summed E-state index contributed by atoms with van der Waals surface area (Å²) in [6.07, 6.45) is 0.636. The predicted molar refractivity (Wildman–Crippen MR) is 70.4 cm³/mol. The predicted octanol–water partition coefficient (Wildman–Crippen LogP) is 1.32. The number of carbonyl (C=O) groups is 1. The molecule has 1 aromatic carbocycles. The van der Waals surface area contributed by atoms with Crippen molar-refractivity contribution in [2.24, 2.45) is 5.73 Å². The Labute approximate surface area is 112 Å². The van der Waals surface area contributed by atoms with E-state index in [9.17, 15) is 9.18 Å². The number of likely N-dealkylation sites (N-methyl/N-ethyl adjacent to an activating group) is 1. The third-order valence-corrected chi connectivity index (χ3v) is 3.20. The first-order valence-corrected chi connectivity index (χ1v) is 6.43. The molecule has 1 heterocycles. The van der Waals surface area contributed by atoms with Crippen molar-refractivity contribution in [3.63, 3.8) is 0 Å². The number of nitrogens with zero attached hydrogens (tertiary/aromatic N) is 1. The molecule has 2 unspecified atom stereocenters. The third kappa shape index (κ3) is 3.23. The van der Waals surface area contributed by atoms with Gasteiger partial charge in [-0.2, -0.15) is 0 Å². The number of nitrogens with two attached hydrogens (primary N) is 1. The molecule has 2 rings (SSSR count). The zero-order chi connectivity index (χ0) is 14.0. The minimum atomic E-state index is -0.571. The monoisotopic (exact) mass is 266 g/mol. The van der Waals surface area contributed by atoms with E-state index in [1.165, 1.54) is 6.07 Å². The van der Waals surface area contributed by atoms with Crippen LogP contribution in [0, 0.1) is 5.82 Å². The highest BCUT2D eigenvalue weighted by molar-refractivity contribution is 5.83. The summed E-state index contributed by atoms with van der Waals surface area (Å²) in [7, 11) is 1.72. The average Bonchev–Trinajstić information content (AvgIpc) is 2.64. The van der Waals surface area contributed by atoms with Crippen LogP contribution in [-0.2, 0) is 11.2 Å². The molecule has 1 aromatic rings. The molecule has 4 nitrogen and oxygen atoms in total. The summed E-state index contributed by atoms with van der Waals surface area (Å²) >= 11 is 0. The first-order valence-electron chi connectivity index (χ1n) is 6.43. The summed E-state index contributed by atoms with van der Waals surface area (Å²) in [6, 6.07) is 4.75. The van der Waals surface area contributed by atoms with E-state index >= 15 is 0 Å². The number of halogens is 1. The van der Waals surface area contributed by atoms with Crippen LogP contribution in [0.5, 0.6) is 5.75 Å². The molecule has 19 heavy (non-hydrogen) atoms. The van der Waals surface area contributed by atoms with E-state index in [4.69, 9.17) is 10.5 Å². The Hall–Kier alpha value is -1.62. The minimum Gasteiger partial charge on any atom is -0.477 e. The highest BCUT2D eigenvalue weighted by Crippen LogP contribution is 2.23. The summed E-state index contributed by atoms with van der Waals surface area (Å²) in [6.45, 7) is 2.52. The second-order valence-corrected chi connectivity index (χ2v) is 5.10. The normalized spacial score (nSPS) is 20.7. The molecule has 0 saturated carbocycles. The molecule has 0 aromatic heterocycles.